The summed E-state index contributed by atoms with van der Waals surface area (Å²) < 4.78 is 0. The summed E-state index contributed by atoms with van der Waals surface area (Å²) in [5.74, 6) is 0.778. The van der Waals surface area contributed by atoms with Crippen LogP contribution in [0, 0.1) is 5.92 Å². The Morgan fingerprint density at radius 3 is 2.60 bits per heavy atom. The Morgan fingerprint density at radius 2 is 2.00 bits per heavy atom. The summed E-state index contributed by atoms with van der Waals surface area (Å²) in [5.41, 5.74) is 5.76. The lowest BCUT2D eigenvalue weighted by atomic mass is 9.87. The average molecular weight is 211 g/mol. The molecule has 3 N–H and O–H groups in total. The number of hydrogen-bond donors (Lipinski definition) is 2. The largest absolute Gasteiger partial charge is 0.328 e. The Kier molecular flexibility index (Phi) is 4.00. The number of nitrogens with zero attached hydrogens (tertiary/aromatic N) is 1. The predicted octanol–water partition coefficient (Wildman–Crippen LogP) is 0.798. The van der Waals surface area contributed by atoms with Gasteiger partial charge in [-0.2, -0.15) is 0 Å². The molecule has 0 bridgehead atoms. The summed E-state index contributed by atoms with van der Waals surface area (Å²) in [6.07, 6.45) is 5.15. The van der Waals surface area contributed by atoms with Crippen molar-refractivity contribution in [2.24, 2.45) is 11.7 Å². The molecule has 0 aromatic rings. The second kappa shape index (κ2) is 5.28. The van der Waals surface area contributed by atoms with Crippen molar-refractivity contribution in [3.05, 3.63) is 0 Å². The first-order valence-electron chi connectivity index (χ1n) is 6.45. The third-order valence-corrected chi connectivity index (χ3v) is 3.70. The fourth-order valence-corrected chi connectivity index (χ4v) is 2.67. The molecule has 3 heteroatoms. The van der Waals surface area contributed by atoms with E-state index in [0.29, 0.717) is 12.1 Å². The van der Waals surface area contributed by atoms with Gasteiger partial charge in [0.05, 0.1) is 0 Å². The van der Waals surface area contributed by atoms with Crippen LogP contribution in [0.1, 0.15) is 32.6 Å². The first-order chi connectivity index (χ1) is 7.24. The van der Waals surface area contributed by atoms with Crippen molar-refractivity contribution in [2.75, 3.05) is 26.2 Å². The second-order valence-corrected chi connectivity index (χ2v) is 5.45. The third-order valence-electron chi connectivity index (χ3n) is 3.70. The Labute approximate surface area is 93.4 Å². The second-order valence-electron chi connectivity index (χ2n) is 5.45. The number of likely N-dealkylation sites (tertiary alicyclic amines) is 1. The zero-order valence-corrected chi connectivity index (χ0v) is 9.91. The molecule has 15 heavy (non-hydrogen) atoms. The predicted molar refractivity (Wildman–Crippen MR) is 63.8 cm³/mol. The van der Waals surface area contributed by atoms with Gasteiger partial charge in [-0.05, 0) is 51.2 Å². The minimum atomic E-state index is 0.469. The topological polar surface area (TPSA) is 41.3 Å². The van der Waals surface area contributed by atoms with Crippen molar-refractivity contribution in [1.29, 1.82) is 0 Å². The molecule has 1 aliphatic carbocycles. The van der Waals surface area contributed by atoms with Crippen LogP contribution in [0.15, 0.2) is 0 Å². The van der Waals surface area contributed by atoms with Gasteiger partial charge in [-0.3, -0.25) is 0 Å². The van der Waals surface area contributed by atoms with E-state index in [1.165, 1.54) is 45.3 Å². The van der Waals surface area contributed by atoms with Gasteiger partial charge in [0.2, 0.25) is 0 Å². The van der Waals surface area contributed by atoms with Crippen LogP contribution < -0.4 is 11.1 Å². The van der Waals surface area contributed by atoms with E-state index in [9.17, 15) is 0 Å². The van der Waals surface area contributed by atoms with Gasteiger partial charge < -0.3 is 16.0 Å². The molecule has 2 rings (SSSR count). The molecule has 1 unspecified atom stereocenters. The van der Waals surface area contributed by atoms with Crippen LogP contribution in [-0.2, 0) is 0 Å². The molecule has 1 saturated heterocycles. The van der Waals surface area contributed by atoms with Crippen molar-refractivity contribution in [3.8, 4) is 0 Å². The molecule has 0 spiro atoms. The summed E-state index contributed by atoms with van der Waals surface area (Å²) in [6.45, 7) is 7.42. The van der Waals surface area contributed by atoms with Crippen molar-refractivity contribution >= 4 is 0 Å². The zero-order valence-electron chi connectivity index (χ0n) is 9.91. The summed E-state index contributed by atoms with van der Waals surface area (Å²) in [4.78, 5) is 2.60. The molecule has 0 radical (unpaired) electrons. The Bertz CT molecular complexity index is 183. The molecule has 88 valence electrons. The van der Waals surface area contributed by atoms with Crippen molar-refractivity contribution in [3.63, 3.8) is 0 Å². The van der Waals surface area contributed by atoms with E-state index in [0.717, 1.165) is 12.5 Å². The maximum absolute atomic E-state index is 5.76. The van der Waals surface area contributed by atoms with Gasteiger partial charge in [-0.15, -0.1) is 0 Å². The molecule has 0 amide bonds. The van der Waals surface area contributed by atoms with Gasteiger partial charge in [-0.1, -0.05) is 6.92 Å². The molecule has 1 atom stereocenters. The van der Waals surface area contributed by atoms with Gasteiger partial charge >= 0.3 is 0 Å². The monoisotopic (exact) mass is 211 g/mol. The van der Waals surface area contributed by atoms with Crippen LogP contribution in [0.3, 0.4) is 0 Å². The molecule has 2 fully saturated rings. The normalized spacial score (nSPS) is 34.0. The van der Waals surface area contributed by atoms with Crippen LogP contribution in [0.5, 0.6) is 0 Å². The number of nitrogens with two attached hydrogens (primary N) is 1. The van der Waals surface area contributed by atoms with E-state index in [1.807, 2.05) is 0 Å². The minimum absolute atomic E-state index is 0.469. The van der Waals surface area contributed by atoms with Crippen molar-refractivity contribution < 1.29 is 0 Å². The molecular weight excluding hydrogens is 186 g/mol. The van der Waals surface area contributed by atoms with Crippen LogP contribution in [0.4, 0.5) is 0 Å². The molecule has 0 aromatic carbocycles. The smallest absolute Gasteiger partial charge is 0.00966 e. The number of rotatable bonds is 5. The highest BCUT2D eigenvalue weighted by atomic mass is 15.1. The molecule has 2 aliphatic rings. The van der Waals surface area contributed by atoms with E-state index >= 15 is 0 Å². The maximum Gasteiger partial charge on any atom is 0.00966 e. The van der Waals surface area contributed by atoms with Crippen LogP contribution in [0.2, 0.25) is 0 Å². The highest BCUT2D eigenvalue weighted by Gasteiger charge is 2.25. The van der Waals surface area contributed by atoms with E-state index in [2.05, 4.69) is 17.1 Å². The molecule has 3 nitrogen and oxygen atoms in total. The lowest BCUT2D eigenvalue weighted by Gasteiger charge is -2.34. The standard InChI is InChI=1S/C12H25N3/c1-10(9-15-4-2-3-5-15)8-14-12-6-11(13)7-12/h10-12,14H,2-9,13H2,1H3. The molecule has 1 aliphatic heterocycles. The Hall–Kier alpha value is -0.120. The molecular formula is C12H25N3. The summed E-state index contributed by atoms with van der Waals surface area (Å²) in [7, 11) is 0. The number of hydrogen-bond acceptors (Lipinski definition) is 3. The van der Waals surface area contributed by atoms with Crippen molar-refractivity contribution in [1.82, 2.24) is 10.2 Å². The minimum Gasteiger partial charge on any atom is -0.328 e. The maximum atomic E-state index is 5.76. The van der Waals surface area contributed by atoms with E-state index in [-0.39, 0.29) is 0 Å². The molecule has 0 aromatic heterocycles. The lowest BCUT2D eigenvalue weighted by Crippen LogP contribution is -2.49. The first kappa shape index (κ1) is 11.4. The fraction of sp³-hybridized carbons (Fsp3) is 1.00. The van der Waals surface area contributed by atoms with Gasteiger partial charge in [-0.25, -0.2) is 0 Å². The van der Waals surface area contributed by atoms with Crippen LogP contribution in [-0.4, -0.2) is 43.2 Å². The SMILES string of the molecule is CC(CNC1CC(N)C1)CN1CCCC1. The van der Waals surface area contributed by atoms with E-state index < -0.39 is 0 Å². The van der Waals surface area contributed by atoms with Gasteiger partial charge in [0.25, 0.3) is 0 Å². The molecule has 1 saturated carbocycles. The third kappa shape index (κ3) is 3.44. The highest BCUT2D eigenvalue weighted by molar-refractivity contribution is 4.88. The zero-order chi connectivity index (χ0) is 10.7. The Balaban J connectivity index is 1.54. The molecule has 1 heterocycles. The highest BCUT2D eigenvalue weighted by Crippen LogP contribution is 2.17. The lowest BCUT2D eigenvalue weighted by molar-refractivity contribution is 0.246. The quantitative estimate of drug-likeness (QED) is 0.707. The fourth-order valence-electron chi connectivity index (χ4n) is 2.67. The van der Waals surface area contributed by atoms with E-state index in [1.54, 1.807) is 0 Å². The number of nitrogens with one attached hydrogen (secondary N) is 1. The van der Waals surface area contributed by atoms with Crippen molar-refractivity contribution in [2.45, 2.75) is 44.7 Å². The van der Waals surface area contributed by atoms with Gasteiger partial charge in [0.1, 0.15) is 0 Å². The summed E-state index contributed by atoms with van der Waals surface area (Å²) in [6, 6.07) is 1.18. The summed E-state index contributed by atoms with van der Waals surface area (Å²) in [5, 5.41) is 3.62. The summed E-state index contributed by atoms with van der Waals surface area (Å²) >= 11 is 0. The van der Waals surface area contributed by atoms with Gasteiger partial charge in [0, 0.05) is 18.6 Å². The first-order valence-corrected chi connectivity index (χ1v) is 6.45. The van der Waals surface area contributed by atoms with Crippen LogP contribution in [0.25, 0.3) is 0 Å². The van der Waals surface area contributed by atoms with E-state index in [4.69, 9.17) is 5.73 Å². The average Bonchev–Trinajstić information content (AvgIpc) is 2.63. The Morgan fingerprint density at radius 1 is 1.33 bits per heavy atom. The van der Waals surface area contributed by atoms with Gasteiger partial charge in [0.15, 0.2) is 0 Å². The van der Waals surface area contributed by atoms with Crippen LogP contribution >= 0.6 is 0 Å².